The van der Waals surface area contributed by atoms with Crippen molar-refractivity contribution in [3.63, 3.8) is 0 Å². The van der Waals surface area contributed by atoms with Gasteiger partial charge in [-0.05, 0) is 43.2 Å². The molecular weight excluding hydrogens is 428 g/mol. The lowest BCUT2D eigenvalue weighted by Crippen LogP contribution is -2.45. The van der Waals surface area contributed by atoms with E-state index < -0.39 is 12.6 Å². The number of aliphatic carboxylic acids is 1. The number of hydrogen-bond acceptors (Lipinski definition) is 6. The maximum Gasteiger partial charge on any atom is 0.329 e. The second kappa shape index (κ2) is 12.0. The molecule has 182 valence electrons. The zero-order valence-electron chi connectivity index (χ0n) is 19.3. The molecule has 3 heterocycles. The Kier molecular flexibility index (Phi) is 9.08. The first kappa shape index (κ1) is 25.0. The summed E-state index contributed by atoms with van der Waals surface area (Å²) in [5.74, 6) is -0.923. The summed E-state index contributed by atoms with van der Waals surface area (Å²) in [7, 11) is 1.72. The van der Waals surface area contributed by atoms with E-state index in [0.29, 0.717) is 44.1 Å². The van der Waals surface area contributed by atoms with E-state index in [4.69, 9.17) is 19.3 Å². The lowest BCUT2D eigenvalue weighted by atomic mass is 9.75. The number of piperidine rings is 1. The van der Waals surface area contributed by atoms with Crippen LogP contribution in [0.1, 0.15) is 42.5 Å². The largest absolute Gasteiger partial charge is 0.491 e. The van der Waals surface area contributed by atoms with Crippen molar-refractivity contribution in [1.82, 2.24) is 9.80 Å². The average Bonchev–Trinajstić information content (AvgIpc) is 2.81. The number of para-hydroxylation sites is 1. The highest BCUT2D eigenvalue weighted by Gasteiger charge is 2.36. The lowest BCUT2D eigenvalue weighted by molar-refractivity contribution is -0.146. The molecule has 33 heavy (non-hydrogen) atoms. The van der Waals surface area contributed by atoms with Crippen LogP contribution >= 0.6 is 0 Å². The summed E-state index contributed by atoms with van der Waals surface area (Å²) in [5, 5.41) is 8.74. The topological polar surface area (TPSA) is 106 Å². The van der Waals surface area contributed by atoms with Crippen molar-refractivity contribution in [3.8, 4) is 5.75 Å². The fraction of sp³-hybridized carbons (Fsp3) is 0.625. The Bertz CT molecular complexity index is 821. The number of carbonyl (C=O) groups is 3. The normalized spacial score (nSPS) is 19.2. The fourth-order valence-corrected chi connectivity index (χ4v) is 4.64. The molecule has 1 aromatic carbocycles. The highest BCUT2D eigenvalue weighted by molar-refractivity contribution is 5.97. The molecule has 1 fully saturated rings. The number of carbonyl (C=O) groups excluding carboxylic acids is 2. The van der Waals surface area contributed by atoms with Crippen LogP contribution < -0.4 is 4.74 Å². The summed E-state index contributed by atoms with van der Waals surface area (Å²) >= 11 is 0. The molecule has 0 aromatic heterocycles. The number of carboxylic acids is 1. The predicted molar refractivity (Wildman–Crippen MR) is 120 cm³/mol. The molecule has 0 saturated carbocycles. The number of amides is 2. The van der Waals surface area contributed by atoms with Gasteiger partial charge in [-0.25, -0.2) is 4.79 Å². The third-order valence-corrected chi connectivity index (χ3v) is 6.49. The quantitative estimate of drug-likeness (QED) is 0.690. The van der Waals surface area contributed by atoms with Gasteiger partial charge in [-0.15, -0.1) is 0 Å². The first-order valence-electron chi connectivity index (χ1n) is 11.5. The third-order valence-electron chi connectivity index (χ3n) is 6.49. The minimum atomic E-state index is -1.11. The molecule has 3 aliphatic heterocycles. The van der Waals surface area contributed by atoms with Crippen molar-refractivity contribution < 1.29 is 33.7 Å². The summed E-state index contributed by atoms with van der Waals surface area (Å²) in [6, 6.07) is 7.19. The minimum Gasteiger partial charge on any atom is -0.491 e. The molecule has 3 aliphatic rings. The zero-order chi connectivity index (χ0) is 23.7. The Morgan fingerprint density at radius 1 is 1.06 bits per heavy atom. The van der Waals surface area contributed by atoms with E-state index in [9.17, 15) is 14.4 Å². The molecule has 0 radical (unpaired) electrons. The van der Waals surface area contributed by atoms with Gasteiger partial charge in [0.1, 0.15) is 25.6 Å². The Morgan fingerprint density at radius 2 is 1.82 bits per heavy atom. The Labute approximate surface area is 194 Å². The first-order valence-corrected chi connectivity index (χ1v) is 11.5. The highest BCUT2D eigenvalue weighted by Crippen LogP contribution is 2.38. The summed E-state index contributed by atoms with van der Waals surface area (Å²) < 4.78 is 16.5. The van der Waals surface area contributed by atoms with E-state index in [1.165, 1.54) is 0 Å². The number of ether oxygens (including phenoxy) is 3. The van der Waals surface area contributed by atoms with Gasteiger partial charge < -0.3 is 29.1 Å². The van der Waals surface area contributed by atoms with E-state index in [-0.39, 0.29) is 30.4 Å². The summed E-state index contributed by atoms with van der Waals surface area (Å²) in [5.41, 5.74) is 0.551. The van der Waals surface area contributed by atoms with Crippen molar-refractivity contribution in [2.24, 2.45) is 5.41 Å². The van der Waals surface area contributed by atoms with Crippen LogP contribution in [0.3, 0.4) is 0 Å². The van der Waals surface area contributed by atoms with E-state index in [0.717, 1.165) is 32.1 Å². The standard InChI is InChI=1S/C24H34N2O7/c1-31-18-24-8-4-5-11-25(21(27)16-32-17-22(28)29)14-15-33-20-7-3-2-6-19(20)23(30)26(12-9-24)13-10-24/h2-3,6-7H,4-5,8-18H2,1H3,(H,28,29). The van der Waals surface area contributed by atoms with Gasteiger partial charge in [-0.3, -0.25) is 9.59 Å². The molecular formula is C24H34N2O7. The molecule has 0 aliphatic carbocycles. The van der Waals surface area contributed by atoms with Gasteiger partial charge in [-0.2, -0.15) is 0 Å². The van der Waals surface area contributed by atoms with Crippen molar-refractivity contribution in [2.75, 3.05) is 59.7 Å². The smallest absolute Gasteiger partial charge is 0.329 e. The van der Waals surface area contributed by atoms with Gasteiger partial charge in [0.05, 0.1) is 18.7 Å². The maximum absolute atomic E-state index is 13.2. The van der Waals surface area contributed by atoms with Crippen molar-refractivity contribution in [3.05, 3.63) is 29.8 Å². The van der Waals surface area contributed by atoms with Gasteiger partial charge >= 0.3 is 5.97 Å². The number of carboxylic acid groups (broad SMARTS) is 1. The van der Waals surface area contributed by atoms with E-state index in [2.05, 4.69) is 0 Å². The van der Waals surface area contributed by atoms with Crippen LogP contribution in [0.2, 0.25) is 0 Å². The number of benzene rings is 1. The van der Waals surface area contributed by atoms with Gasteiger partial charge in [-0.1, -0.05) is 18.6 Å². The van der Waals surface area contributed by atoms with Gasteiger partial charge in [0.25, 0.3) is 5.91 Å². The summed E-state index contributed by atoms with van der Waals surface area (Å²) in [6.07, 6.45) is 4.46. The van der Waals surface area contributed by atoms with Crippen LogP contribution in [-0.2, 0) is 19.1 Å². The van der Waals surface area contributed by atoms with Crippen molar-refractivity contribution >= 4 is 17.8 Å². The SMILES string of the molecule is COCC12CCCCN(C(=O)COCC(=O)O)CCOc3ccccc3C(=O)N(CC1)CC2. The summed E-state index contributed by atoms with van der Waals surface area (Å²) in [6.45, 7) is 2.30. The average molecular weight is 463 g/mol. The van der Waals surface area contributed by atoms with E-state index in [1.807, 2.05) is 17.0 Å². The number of nitrogens with zero attached hydrogens (tertiary/aromatic N) is 2. The first-order chi connectivity index (χ1) is 15.9. The van der Waals surface area contributed by atoms with Crippen LogP contribution in [-0.4, -0.2) is 92.4 Å². The minimum absolute atomic E-state index is 0.0289. The highest BCUT2D eigenvalue weighted by atomic mass is 16.5. The van der Waals surface area contributed by atoms with Crippen LogP contribution in [0.25, 0.3) is 0 Å². The molecule has 2 bridgehead atoms. The van der Waals surface area contributed by atoms with Gasteiger partial charge in [0.15, 0.2) is 0 Å². The van der Waals surface area contributed by atoms with E-state index in [1.54, 1.807) is 24.1 Å². The molecule has 1 aromatic rings. The molecule has 9 nitrogen and oxygen atoms in total. The number of hydrogen-bond donors (Lipinski definition) is 1. The maximum atomic E-state index is 13.2. The fourth-order valence-electron chi connectivity index (χ4n) is 4.64. The van der Waals surface area contributed by atoms with Crippen LogP contribution in [0, 0.1) is 5.41 Å². The zero-order valence-corrected chi connectivity index (χ0v) is 19.3. The number of fused-ring (bicyclic) bond motifs is 9. The van der Waals surface area contributed by atoms with Crippen LogP contribution in [0.15, 0.2) is 24.3 Å². The van der Waals surface area contributed by atoms with Crippen LogP contribution in [0.5, 0.6) is 5.75 Å². The van der Waals surface area contributed by atoms with Gasteiger partial charge in [0.2, 0.25) is 5.91 Å². The second-order valence-corrected chi connectivity index (χ2v) is 8.79. The third kappa shape index (κ3) is 6.91. The molecule has 0 atom stereocenters. The lowest BCUT2D eigenvalue weighted by Gasteiger charge is -2.41. The van der Waals surface area contributed by atoms with Gasteiger partial charge in [0, 0.05) is 26.7 Å². The monoisotopic (exact) mass is 462 g/mol. The Hall–Kier alpha value is -2.65. The van der Waals surface area contributed by atoms with E-state index >= 15 is 0 Å². The molecule has 9 heteroatoms. The summed E-state index contributed by atoms with van der Waals surface area (Å²) in [4.78, 5) is 40.1. The molecule has 1 N–H and O–H groups in total. The Balaban J connectivity index is 1.76. The predicted octanol–water partition coefficient (Wildman–Crippen LogP) is 2.05. The molecule has 1 saturated heterocycles. The van der Waals surface area contributed by atoms with Crippen LogP contribution in [0.4, 0.5) is 0 Å². The van der Waals surface area contributed by atoms with Crippen molar-refractivity contribution in [2.45, 2.75) is 32.1 Å². The molecule has 0 spiro atoms. The van der Waals surface area contributed by atoms with Crippen molar-refractivity contribution in [1.29, 1.82) is 0 Å². The molecule has 4 rings (SSSR count). The Morgan fingerprint density at radius 3 is 2.55 bits per heavy atom. The molecule has 2 amide bonds. The molecule has 0 unspecified atom stereocenters. The second-order valence-electron chi connectivity index (χ2n) is 8.79. The number of methoxy groups -OCH3 is 1. The number of rotatable bonds is 6.